The predicted molar refractivity (Wildman–Crippen MR) is 64.3 cm³/mol. The van der Waals surface area contributed by atoms with Gasteiger partial charge in [0.15, 0.2) is 0 Å². The molecule has 3 atom stereocenters. The van der Waals surface area contributed by atoms with Gasteiger partial charge in [0.05, 0.1) is 12.0 Å². The summed E-state index contributed by atoms with van der Waals surface area (Å²) < 4.78 is 0. The van der Waals surface area contributed by atoms with Gasteiger partial charge in [0.25, 0.3) is 0 Å². The molecule has 1 aliphatic heterocycles. The van der Waals surface area contributed by atoms with Crippen LogP contribution >= 0.6 is 0 Å². The molecule has 0 aromatic carbocycles. The molecule has 1 amide bonds. The van der Waals surface area contributed by atoms with E-state index >= 15 is 0 Å². The van der Waals surface area contributed by atoms with Gasteiger partial charge in [-0.1, -0.05) is 13.8 Å². The molecule has 0 aromatic rings. The molecule has 1 saturated heterocycles. The Labute approximate surface area is 102 Å². The fraction of sp³-hybridized carbons (Fsp3) is 0.833. The van der Waals surface area contributed by atoms with E-state index in [9.17, 15) is 9.59 Å². The van der Waals surface area contributed by atoms with Gasteiger partial charge in [0, 0.05) is 12.6 Å². The summed E-state index contributed by atoms with van der Waals surface area (Å²) in [5.41, 5.74) is 5.84. The zero-order valence-corrected chi connectivity index (χ0v) is 10.7. The second-order valence-corrected chi connectivity index (χ2v) is 5.24. The molecule has 0 saturated carbocycles. The van der Waals surface area contributed by atoms with Crippen molar-refractivity contribution in [3.05, 3.63) is 0 Å². The van der Waals surface area contributed by atoms with Crippen LogP contribution in [0.25, 0.3) is 0 Å². The number of nitrogens with two attached hydrogens (primary N) is 1. The quantitative estimate of drug-likeness (QED) is 0.759. The van der Waals surface area contributed by atoms with Crippen LogP contribution < -0.4 is 5.73 Å². The van der Waals surface area contributed by atoms with Gasteiger partial charge in [-0.25, -0.2) is 0 Å². The number of carboxylic acid groups (broad SMARTS) is 1. The Morgan fingerprint density at radius 1 is 1.47 bits per heavy atom. The third-order valence-electron chi connectivity index (χ3n) is 3.40. The lowest BCUT2D eigenvalue weighted by Crippen LogP contribution is -2.47. The standard InChI is InChI=1S/C12H22N2O3/c1-7(2)6-10(13)11(15)14-5-4-9(8(14)3)12(16)17/h7-10H,4-6,13H2,1-3H3,(H,16,17)/t8?,9?,10-/m1/s1. The minimum Gasteiger partial charge on any atom is -0.481 e. The summed E-state index contributed by atoms with van der Waals surface area (Å²) >= 11 is 0. The van der Waals surface area contributed by atoms with Crippen molar-refractivity contribution < 1.29 is 14.7 Å². The van der Waals surface area contributed by atoms with E-state index in [0.29, 0.717) is 25.3 Å². The van der Waals surface area contributed by atoms with Crippen molar-refractivity contribution in [3.8, 4) is 0 Å². The summed E-state index contributed by atoms with van der Waals surface area (Å²) in [7, 11) is 0. The smallest absolute Gasteiger partial charge is 0.308 e. The van der Waals surface area contributed by atoms with Crippen molar-refractivity contribution in [1.29, 1.82) is 0 Å². The van der Waals surface area contributed by atoms with E-state index < -0.39 is 17.9 Å². The summed E-state index contributed by atoms with van der Waals surface area (Å²) in [6.45, 7) is 6.32. The molecule has 1 fully saturated rings. The number of amides is 1. The van der Waals surface area contributed by atoms with Crippen LogP contribution in [0.4, 0.5) is 0 Å². The maximum Gasteiger partial charge on any atom is 0.308 e. The second-order valence-electron chi connectivity index (χ2n) is 5.24. The fourth-order valence-corrected chi connectivity index (χ4v) is 2.40. The van der Waals surface area contributed by atoms with E-state index in [4.69, 9.17) is 10.8 Å². The maximum absolute atomic E-state index is 12.1. The first-order chi connectivity index (χ1) is 7.84. The van der Waals surface area contributed by atoms with E-state index in [-0.39, 0.29) is 11.9 Å². The SMILES string of the molecule is CC(C)C[C@@H](N)C(=O)N1CCC(C(=O)O)C1C. The van der Waals surface area contributed by atoms with E-state index in [1.165, 1.54) is 0 Å². The third kappa shape index (κ3) is 3.19. The fourth-order valence-electron chi connectivity index (χ4n) is 2.40. The number of carbonyl (C=O) groups is 2. The van der Waals surface area contributed by atoms with Crippen molar-refractivity contribution in [2.24, 2.45) is 17.6 Å². The molecule has 98 valence electrons. The van der Waals surface area contributed by atoms with E-state index in [0.717, 1.165) is 0 Å². The molecule has 5 heteroatoms. The summed E-state index contributed by atoms with van der Waals surface area (Å²) in [6, 6.07) is -0.761. The molecular weight excluding hydrogens is 220 g/mol. The molecule has 5 nitrogen and oxygen atoms in total. The first-order valence-corrected chi connectivity index (χ1v) is 6.13. The second kappa shape index (κ2) is 5.49. The van der Waals surface area contributed by atoms with Crippen molar-refractivity contribution in [3.63, 3.8) is 0 Å². The molecule has 1 rings (SSSR count). The Kier molecular flexibility index (Phi) is 4.51. The summed E-state index contributed by atoms with van der Waals surface area (Å²) in [5.74, 6) is -1.03. The Morgan fingerprint density at radius 2 is 2.06 bits per heavy atom. The number of nitrogens with zero attached hydrogens (tertiary/aromatic N) is 1. The Balaban J connectivity index is 2.62. The number of rotatable bonds is 4. The van der Waals surface area contributed by atoms with Crippen LogP contribution in [0.1, 0.15) is 33.6 Å². The van der Waals surface area contributed by atoms with Crippen LogP contribution in [0.3, 0.4) is 0 Å². The molecule has 1 heterocycles. The molecule has 2 unspecified atom stereocenters. The highest BCUT2D eigenvalue weighted by Gasteiger charge is 2.39. The molecule has 0 radical (unpaired) electrons. The first-order valence-electron chi connectivity index (χ1n) is 6.13. The molecule has 0 aromatic heterocycles. The Bertz CT molecular complexity index is 304. The molecule has 1 aliphatic rings. The van der Waals surface area contributed by atoms with Crippen LogP contribution in [0.5, 0.6) is 0 Å². The summed E-state index contributed by atoms with van der Waals surface area (Å²) in [5, 5.41) is 9.00. The maximum atomic E-state index is 12.1. The summed E-state index contributed by atoms with van der Waals surface area (Å²) in [4.78, 5) is 24.6. The lowest BCUT2D eigenvalue weighted by atomic mass is 10.0. The third-order valence-corrected chi connectivity index (χ3v) is 3.40. The molecule has 0 bridgehead atoms. The van der Waals surface area contributed by atoms with Crippen molar-refractivity contribution in [1.82, 2.24) is 4.90 Å². The van der Waals surface area contributed by atoms with Crippen LogP contribution in [0.2, 0.25) is 0 Å². The summed E-state index contributed by atoms with van der Waals surface area (Å²) in [6.07, 6.45) is 1.16. The zero-order valence-electron chi connectivity index (χ0n) is 10.7. The van der Waals surface area contributed by atoms with Gasteiger partial charge in [-0.2, -0.15) is 0 Å². The molecular formula is C12H22N2O3. The first kappa shape index (κ1) is 14.0. The highest BCUT2D eigenvalue weighted by Crippen LogP contribution is 2.25. The lowest BCUT2D eigenvalue weighted by Gasteiger charge is -2.26. The van der Waals surface area contributed by atoms with Crippen molar-refractivity contribution in [2.45, 2.75) is 45.7 Å². The van der Waals surface area contributed by atoms with E-state index in [2.05, 4.69) is 0 Å². The molecule has 17 heavy (non-hydrogen) atoms. The Morgan fingerprint density at radius 3 is 2.47 bits per heavy atom. The number of carboxylic acids is 1. The number of hydrogen-bond acceptors (Lipinski definition) is 3. The molecule has 0 spiro atoms. The van der Waals surface area contributed by atoms with Gasteiger partial charge < -0.3 is 15.7 Å². The largest absolute Gasteiger partial charge is 0.481 e. The van der Waals surface area contributed by atoms with Gasteiger partial charge >= 0.3 is 5.97 Å². The molecule has 3 N–H and O–H groups in total. The number of hydrogen-bond donors (Lipinski definition) is 2. The highest BCUT2D eigenvalue weighted by atomic mass is 16.4. The highest BCUT2D eigenvalue weighted by molar-refractivity contribution is 5.83. The average Bonchev–Trinajstić information content (AvgIpc) is 2.57. The lowest BCUT2D eigenvalue weighted by molar-refractivity contribution is -0.143. The van der Waals surface area contributed by atoms with Gasteiger partial charge in [-0.15, -0.1) is 0 Å². The number of aliphatic carboxylic acids is 1. The topological polar surface area (TPSA) is 83.6 Å². The minimum atomic E-state index is -0.828. The zero-order chi connectivity index (χ0) is 13.2. The van der Waals surface area contributed by atoms with Crippen LogP contribution in [-0.4, -0.2) is 40.5 Å². The number of likely N-dealkylation sites (tertiary alicyclic amines) is 1. The van der Waals surface area contributed by atoms with Crippen molar-refractivity contribution in [2.75, 3.05) is 6.54 Å². The van der Waals surface area contributed by atoms with Gasteiger partial charge in [-0.3, -0.25) is 9.59 Å². The number of carbonyl (C=O) groups excluding carboxylic acids is 1. The van der Waals surface area contributed by atoms with E-state index in [1.807, 2.05) is 13.8 Å². The monoisotopic (exact) mass is 242 g/mol. The van der Waals surface area contributed by atoms with Gasteiger partial charge in [0.2, 0.25) is 5.91 Å². The average molecular weight is 242 g/mol. The van der Waals surface area contributed by atoms with Gasteiger partial charge in [-0.05, 0) is 25.7 Å². The van der Waals surface area contributed by atoms with E-state index in [1.54, 1.807) is 11.8 Å². The minimum absolute atomic E-state index is 0.116. The van der Waals surface area contributed by atoms with Crippen LogP contribution in [0.15, 0.2) is 0 Å². The normalized spacial score (nSPS) is 26.3. The predicted octanol–water partition coefficient (Wildman–Crippen LogP) is 0.681. The van der Waals surface area contributed by atoms with Crippen molar-refractivity contribution >= 4 is 11.9 Å². The van der Waals surface area contributed by atoms with Crippen LogP contribution in [-0.2, 0) is 9.59 Å². The Hall–Kier alpha value is -1.10. The van der Waals surface area contributed by atoms with Gasteiger partial charge in [0.1, 0.15) is 0 Å². The molecule has 0 aliphatic carbocycles. The van der Waals surface area contributed by atoms with Crippen LogP contribution in [0, 0.1) is 11.8 Å².